The Labute approximate surface area is 101 Å². The molecule has 0 radical (unpaired) electrons. The normalized spacial score (nSPS) is 26.9. The third-order valence-electron chi connectivity index (χ3n) is 2.76. The van der Waals surface area contributed by atoms with Crippen LogP contribution in [0.2, 0.25) is 0 Å². The summed E-state index contributed by atoms with van der Waals surface area (Å²) in [6.07, 6.45) is -6.12. The average Bonchev–Trinajstić information content (AvgIpc) is 2.17. The van der Waals surface area contributed by atoms with E-state index in [-0.39, 0.29) is 6.61 Å². The number of carbonyl (C=O) groups excluding carboxylic acids is 1. The predicted molar refractivity (Wildman–Crippen MR) is 53.8 cm³/mol. The van der Waals surface area contributed by atoms with E-state index in [0.717, 1.165) is 0 Å². The number of carboxylic acid groups (broad SMARTS) is 1. The quantitative estimate of drug-likeness (QED) is 0.760. The lowest BCUT2D eigenvalue weighted by Crippen LogP contribution is -2.67. The van der Waals surface area contributed by atoms with Crippen LogP contribution in [-0.2, 0) is 9.53 Å². The zero-order valence-electron chi connectivity index (χ0n) is 9.29. The predicted octanol–water partition coefficient (Wildman–Crippen LogP) is 1.69. The second kappa shape index (κ2) is 4.87. The highest BCUT2D eigenvalue weighted by molar-refractivity contribution is 5.74. The highest BCUT2D eigenvalue weighted by Crippen LogP contribution is 2.48. The van der Waals surface area contributed by atoms with E-state index in [1.54, 1.807) is 5.32 Å². The van der Waals surface area contributed by atoms with Gasteiger partial charge in [-0.3, -0.25) is 4.79 Å². The van der Waals surface area contributed by atoms with Gasteiger partial charge in [-0.2, -0.15) is 13.2 Å². The minimum absolute atomic E-state index is 0.220. The van der Waals surface area contributed by atoms with Crippen molar-refractivity contribution in [3.8, 4) is 0 Å². The number of halogens is 3. The van der Waals surface area contributed by atoms with Crippen LogP contribution in [0.1, 0.15) is 12.8 Å². The summed E-state index contributed by atoms with van der Waals surface area (Å²) in [4.78, 5) is 21.6. The first-order valence-corrected chi connectivity index (χ1v) is 5.07. The molecule has 8 heteroatoms. The highest BCUT2D eigenvalue weighted by Gasteiger charge is 2.64. The monoisotopic (exact) mass is 267 g/mol. The van der Waals surface area contributed by atoms with Crippen LogP contribution in [0.4, 0.5) is 18.0 Å². The number of ether oxygens (including phenoxy) is 1. The molecule has 0 spiro atoms. The van der Waals surface area contributed by atoms with E-state index in [9.17, 15) is 22.8 Å². The lowest BCUT2D eigenvalue weighted by Gasteiger charge is -2.46. The number of amides is 1. The summed E-state index contributed by atoms with van der Waals surface area (Å²) >= 11 is 0. The van der Waals surface area contributed by atoms with E-state index < -0.39 is 42.5 Å². The molecular weight excluding hydrogens is 255 g/mol. The topological polar surface area (TPSA) is 75.6 Å². The van der Waals surface area contributed by atoms with Crippen molar-refractivity contribution in [2.45, 2.75) is 24.6 Å². The SMILES string of the molecule is C=CCOC(=O)NC1(C(F)(F)F)CC(C(=O)O)C1. The highest BCUT2D eigenvalue weighted by atomic mass is 19.4. The molecule has 0 aliphatic heterocycles. The van der Waals surface area contributed by atoms with E-state index in [1.807, 2.05) is 0 Å². The van der Waals surface area contributed by atoms with Crippen molar-refractivity contribution >= 4 is 12.1 Å². The zero-order chi connectivity index (χ0) is 14.0. The van der Waals surface area contributed by atoms with Gasteiger partial charge in [-0.1, -0.05) is 12.7 Å². The summed E-state index contributed by atoms with van der Waals surface area (Å²) in [7, 11) is 0. The second-order valence-electron chi connectivity index (χ2n) is 4.04. The number of alkyl carbamates (subject to hydrolysis) is 1. The van der Waals surface area contributed by atoms with Gasteiger partial charge < -0.3 is 15.2 Å². The molecule has 5 nitrogen and oxygen atoms in total. The number of nitrogens with one attached hydrogen (secondary N) is 1. The van der Waals surface area contributed by atoms with Gasteiger partial charge in [0.25, 0.3) is 0 Å². The van der Waals surface area contributed by atoms with Crippen molar-refractivity contribution in [3.63, 3.8) is 0 Å². The van der Waals surface area contributed by atoms with Crippen LogP contribution < -0.4 is 5.32 Å². The Morgan fingerprint density at radius 3 is 2.44 bits per heavy atom. The molecule has 0 aromatic carbocycles. The van der Waals surface area contributed by atoms with E-state index in [1.165, 1.54) is 6.08 Å². The Hall–Kier alpha value is -1.73. The van der Waals surface area contributed by atoms with Gasteiger partial charge in [-0.05, 0) is 12.8 Å². The van der Waals surface area contributed by atoms with Crippen molar-refractivity contribution in [2.24, 2.45) is 5.92 Å². The Morgan fingerprint density at radius 1 is 1.50 bits per heavy atom. The first-order chi connectivity index (χ1) is 8.22. The fourth-order valence-corrected chi connectivity index (χ4v) is 1.73. The van der Waals surface area contributed by atoms with Crippen molar-refractivity contribution in [1.82, 2.24) is 5.32 Å². The standard InChI is InChI=1S/C10H12F3NO4/c1-2-3-18-8(17)14-9(10(11,12)13)4-6(5-9)7(15)16/h2,6H,1,3-5H2,(H,14,17)(H,15,16). The lowest BCUT2D eigenvalue weighted by atomic mass is 9.67. The number of hydrogen-bond acceptors (Lipinski definition) is 3. The fourth-order valence-electron chi connectivity index (χ4n) is 1.73. The van der Waals surface area contributed by atoms with Crippen LogP contribution in [0.15, 0.2) is 12.7 Å². The third-order valence-corrected chi connectivity index (χ3v) is 2.76. The molecule has 1 saturated carbocycles. The smallest absolute Gasteiger partial charge is 0.411 e. The number of alkyl halides is 3. The van der Waals surface area contributed by atoms with E-state index in [4.69, 9.17) is 5.11 Å². The maximum atomic E-state index is 12.8. The number of aliphatic carboxylic acids is 1. The Balaban J connectivity index is 2.68. The van der Waals surface area contributed by atoms with Crippen LogP contribution in [-0.4, -0.2) is 35.5 Å². The van der Waals surface area contributed by atoms with Crippen LogP contribution >= 0.6 is 0 Å². The number of carboxylic acids is 1. The lowest BCUT2D eigenvalue weighted by molar-refractivity contribution is -0.229. The Bertz CT molecular complexity index is 361. The first kappa shape index (κ1) is 14.3. The van der Waals surface area contributed by atoms with Crippen LogP contribution in [0, 0.1) is 5.92 Å². The molecule has 0 unspecified atom stereocenters. The van der Waals surface area contributed by atoms with Crippen LogP contribution in [0.3, 0.4) is 0 Å². The molecule has 0 aromatic heterocycles. The largest absolute Gasteiger partial charge is 0.481 e. The van der Waals surface area contributed by atoms with Gasteiger partial charge in [0.15, 0.2) is 0 Å². The van der Waals surface area contributed by atoms with Crippen molar-refractivity contribution in [2.75, 3.05) is 6.61 Å². The average molecular weight is 267 g/mol. The van der Waals surface area contributed by atoms with Crippen molar-refractivity contribution < 1.29 is 32.6 Å². The molecule has 0 saturated heterocycles. The van der Waals surface area contributed by atoms with E-state index >= 15 is 0 Å². The maximum absolute atomic E-state index is 12.8. The molecule has 0 bridgehead atoms. The molecular formula is C10H12F3NO4. The van der Waals surface area contributed by atoms with Gasteiger partial charge in [-0.15, -0.1) is 0 Å². The van der Waals surface area contributed by atoms with Gasteiger partial charge in [-0.25, -0.2) is 4.79 Å². The summed E-state index contributed by atoms with van der Waals surface area (Å²) < 4.78 is 42.8. The summed E-state index contributed by atoms with van der Waals surface area (Å²) in [5.41, 5.74) is -2.51. The van der Waals surface area contributed by atoms with Crippen LogP contribution in [0.25, 0.3) is 0 Å². The summed E-state index contributed by atoms with van der Waals surface area (Å²) in [5.74, 6) is -2.41. The minimum Gasteiger partial charge on any atom is -0.481 e. The molecule has 102 valence electrons. The molecule has 1 rings (SSSR count). The van der Waals surface area contributed by atoms with Gasteiger partial charge in [0.1, 0.15) is 12.1 Å². The van der Waals surface area contributed by atoms with Gasteiger partial charge in [0, 0.05) is 0 Å². The first-order valence-electron chi connectivity index (χ1n) is 5.07. The van der Waals surface area contributed by atoms with Crippen molar-refractivity contribution in [1.29, 1.82) is 0 Å². The number of hydrogen-bond donors (Lipinski definition) is 2. The van der Waals surface area contributed by atoms with Crippen molar-refractivity contribution in [3.05, 3.63) is 12.7 Å². The summed E-state index contributed by atoms with van der Waals surface area (Å²) in [5, 5.41) is 10.3. The van der Waals surface area contributed by atoms with Gasteiger partial charge in [0.05, 0.1) is 5.92 Å². The van der Waals surface area contributed by atoms with E-state index in [2.05, 4.69) is 11.3 Å². The number of rotatable bonds is 4. The van der Waals surface area contributed by atoms with Gasteiger partial charge >= 0.3 is 18.2 Å². The fraction of sp³-hybridized carbons (Fsp3) is 0.600. The molecule has 2 N–H and O–H groups in total. The Kier molecular flexibility index (Phi) is 3.88. The molecule has 1 aliphatic rings. The second-order valence-corrected chi connectivity index (χ2v) is 4.04. The summed E-state index contributed by atoms with van der Waals surface area (Å²) in [6, 6.07) is 0. The minimum atomic E-state index is -4.72. The van der Waals surface area contributed by atoms with Gasteiger partial charge in [0.2, 0.25) is 0 Å². The third kappa shape index (κ3) is 2.74. The molecule has 0 heterocycles. The van der Waals surface area contributed by atoms with E-state index in [0.29, 0.717) is 0 Å². The number of carbonyl (C=O) groups is 2. The summed E-state index contributed by atoms with van der Waals surface area (Å²) in [6.45, 7) is 3.02. The maximum Gasteiger partial charge on any atom is 0.411 e. The molecule has 1 amide bonds. The molecule has 0 aromatic rings. The molecule has 18 heavy (non-hydrogen) atoms. The molecule has 0 atom stereocenters. The molecule has 1 fully saturated rings. The molecule has 1 aliphatic carbocycles. The zero-order valence-corrected chi connectivity index (χ0v) is 9.29. The Morgan fingerprint density at radius 2 is 2.06 bits per heavy atom. The van der Waals surface area contributed by atoms with Crippen LogP contribution in [0.5, 0.6) is 0 Å².